The second-order valence-corrected chi connectivity index (χ2v) is 8.61. The highest BCUT2D eigenvalue weighted by Gasteiger charge is 2.18. The molecule has 0 aliphatic rings. The molecule has 4 rings (SSSR count). The molecule has 0 radical (unpaired) electrons. The van der Waals surface area contributed by atoms with E-state index in [1.54, 1.807) is 0 Å². The second-order valence-electron chi connectivity index (χ2n) is 6.67. The van der Waals surface area contributed by atoms with Crippen molar-refractivity contribution in [1.82, 2.24) is 4.98 Å². The molecule has 0 saturated carbocycles. The Hall–Kier alpha value is -3.47. The summed E-state index contributed by atoms with van der Waals surface area (Å²) in [5.74, 6) is 0.988. The minimum atomic E-state index is -0.166. The number of rotatable bonds is 8. The van der Waals surface area contributed by atoms with E-state index in [9.17, 15) is 4.79 Å². The first kappa shape index (κ1) is 21.8. The van der Waals surface area contributed by atoms with Gasteiger partial charge in [0.2, 0.25) is 5.91 Å². The number of thioether (sulfide) groups is 2. The van der Waals surface area contributed by atoms with Crippen LogP contribution in [0.15, 0.2) is 99.5 Å². The maximum absolute atomic E-state index is 12.6. The van der Waals surface area contributed by atoms with Crippen molar-refractivity contribution in [2.24, 2.45) is 0 Å². The average molecular weight is 458 g/mol. The van der Waals surface area contributed by atoms with E-state index in [0.717, 1.165) is 21.7 Å². The smallest absolute Gasteiger partial charge is 0.257 e. The molecule has 0 bridgehead atoms. The third-order valence-corrected chi connectivity index (χ3v) is 6.24. The molecule has 0 unspecified atom stereocenters. The van der Waals surface area contributed by atoms with Gasteiger partial charge >= 0.3 is 0 Å². The van der Waals surface area contributed by atoms with Gasteiger partial charge < -0.3 is 9.73 Å². The SMILES string of the molecule is N#CCSc1ccccc1NC(=O)CSc1nc(-c2ccccc2)c(-c2ccccc2)o1. The fourth-order valence-corrected chi connectivity index (χ4v) is 4.35. The number of nitrogens with zero attached hydrogens (tertiary/aromatic N) is 2. The summed E-state index contributed by atoms with van der Waals surface area (Å²) in [5, 5.41) is 12.2. The van der Waals surface area contributed by atoms with Gasteiger partial charge in [0.15, 0.2) is 5.76 Å². The molecule has 5 nitrogen and oxygen atoms in total. The van der Waals surface area contributed by atoms with Crippen molar-refractivity contribution in [3.05, 3.63) is 84.9 Å². The fourth-order valence-electron chi connectivity index (χ4n) is 3.06. The summed E-state index contributed by atoms with van der Waals surface area (Å²) in [6, 6.07) is 29.2. The van der Waals surface area contributed by atoms with Gasteiger partial charge in [-0.05, 0) is 12.1 Å². The number of anilines is 1. The average Bonchev–Trinajstić information content (AvgIpc) is 3.28. The highest BCUT2D eigenvalue weighted by molar-refractivity contribution is 8.00. The molecule has 0 atom stereocenters. The van der Waals surface area contributed by atoms with E-state index in [0.29, 0.717) is 22.4 Å². The first-order chi connectivity index (χ1) is 15.7. The third-order valence-electron chi connectivity index (χ3n) is 4.47. The number of hydrogen-bond donors (Lipinski definition) is 1. The van der Waals surface area contributed by atoms with Crippen LogP contribution in [-0.2, 0) is 4.79 Å². The molecule has 32 heavy (non-hydrogen) atoms. The van der Waals surface area contributed by atoms with Crippen LogP contribution in [0, 0.1) is 11.3 Å². The van der Waals surface area contributed by atoms with Crippen LogP contribution in [0.2, 0.25) is 0 Å². The molecule has 1 N–H and O–H groups in total. The van der Waals surface area contributed by atoms with Crippen molar-refractivity contribution < 1.29 is 9.21 Å². The van der Waals surface area contributed by atoms with Crippen molar-refractivity contribution in [2.75, 3.05) is 16.8 Å². The van der Waals surface area contributed by atoms with Crippen molar-refractivity contribution >= 4 is 35.1 Å². The predicted molar refractivity (Wildman–Crippen MR) is 130 cm³/mol. The Labute approximate surface area is 194 Å². The number of benzene rings is 3. The predicted octanol–water partition coefficient (Wildman–Crippen LogP) is 6.36. The Morgan fingerprint density at radius 3 is 2.28 bits per heavy atom. The summed E-state index contributed by atoms with van der Waals surface area (Å²) in [6.07, 6.45) is 0. The molecule has 0 spiro atoms. The van der Waals surface area contributed by atoms with Gasteiger partial charge in [0, 0.05) is 16.0 Å². The normalized spacial score (nSPS) is 10.5. The Bertz CT molecular complexity index is 1180. The summed E-state index contributed by atoms with van der Waals surface area (Å²) in [6.45, 7) is 0. The van der Waals surface area contributed by atoms with Gasteiger partial charge in [0.25, 0.3) is 5.22 Å². The zero-order valence-electron chi connectivity index (χ0n) is 17.0. The van der Waals surface area contributed by atoms with E-state index in [1.165, 1.54) is 23.5 Å². The van der Waals surface area contributed by atoms with Crippen LogP contribution in [0.4, 0.5) is 5.69 Å². The third kappa shape index (κ3) is 5.41. The lowest BCUT2D eigenvalue weighted by Gasteiger charge is -2.08. The number of oxazole rings is 1. The highest BCUT2D eigenvalue weighted by Crippen LogP contribution is 2.35. The molecular formula is C25H19N3O2S2. The molecule has 7 heteroatoms. The van der Waals surface area contributed by atoms with Crippen LogP contribution in [0.3, 0.4) is 0 Å². The van der Waals surface area contributed by atoms with Crippen molar-refractivity contribution in [1.29, 1.82) is 5.26 Å². The molecule has 1 aromatic heterocycles. The van der Waals surface area contributed by atoms with Crippen molar-refractivity contribution in [3.63, 3.8) is 0 Å². The first-order valence-electron chi connectivity index (χ1n) is 9.87. The summed E-state index contributed by atoms with van der Waals surface area (Å²) < 4.78 is 6.06. The fraction of sp³-hybridized carbons (Fsp3) is 0.0800. The van der Waals surface area contributed by atoms with E-state index in [1.807, 2.05) is 84.9 Å². The highest BCUT2D eigenvalue weighted by atomic mass is 32.2. The molecule has 4 aromatic rings. The van der Waals surface area contributed by atoms with Gasteiger partial charge in [-0.2, -0.15) is 5.26 Å². The quantitative estimate of drug-likeness (QED) is 0.310. The Balaban J connectivity index is 1.50. The van der Waals surface area contributed by atoms with E-state index < -0.39 is 0 Å². The van der Waals surface area contributed by atoms with Crippen LogP contribution >= 0.6 is 23.5 Å². The van der Waals surface area contributed by atoms with Gasteiger partial charge in [0.05, 0.1) is 23.3 Å². The number of nitrogens with one attached hydrogen (secondary N) is 1. The van der Waals surface area contributed by atoms with Gasteiger partial charge in [-0.15, -0.1) is 11.8 Å². The van der Waals surface area contributed by atoms with Crippen LogP contribution in [0.5, 0.6) is 0 Å². The second kappa shape index (κ2) is 10.7. The van der Waals surface area contributed by atoms with Gasteiger partial charge in [0.1, 0.15) is 5.69 Å². The number of carbonyl (C=O) groups excluding carboxylic acids is 1. The summed E-state index contributed by atoms with van der Waals surface area (Å²) >= 11 is 2.64. The maximum Gasteiger partial charge on any atom is 0.257 e. The number of nitriles is 1. The van der Waals surface area contributed by atoms with Crippen molar-refractivity contribution in [3.8, 4) is 28.7 Å². The molecule has 1 heterocycles. The van der Waals surface area contributed by atoms with Crippen LogP contribution in [0.25, 0.3) is 22.6 Å². The lowest BCUT2D eigenvalue weighted by Crippen LogP contribution is -2.14. The molecular weight excluding hydrogens is 438 g/mol. The number of aromatic nitrogens is 1. The molecule has 1 amide bonds. The molecule has 0 fully saturated rings. The summed E-state index contributed by atoms with van der Waals surface area (Å²) in [5.41, 5.74) is 3.33. The number of carbonyl (C=O) groups is 1. The molecule has 0 aliphatic carbocycles. The van der Waals surface area contributed by atoms with E-state index >= 15 is 0 Å². The van der Waals surface area contributed by atoms with E-state index in [4.69, 9.17) is 9.68 Å². The first-order valence-corrected chi connectivity index (χ1v) is 11.8. The zero-order valence-corrected chi connectivity index (χ0v) is 18.7. The van der Waals surface area contributed by atoms with Gasteiger partial charge in [-0.25, -0.2) is 4.98 Å². The van der Waals surface area contributed by atoms with Crippen LogP contribution in [0.1, 0.15) is 0 Å². The molecule has 0 saturated heterocycles. The van der Waals surface area contributed by atoms with Gasteiger partial charge in [-0.3, -0.25) is 4.79 Å². The molecule has 3 aromatic carbocycles. The number of amides is 1. The topological polar surface area (TPSA) is 78.9 Å². The Morgan fingerprint density at radius 1 is 0.906 bits per heavy atom. The largest absolute Gasteiger partial charge is 0.431 e. The lowest BCUT2D eigenvalue weighted by atomic mass is 10.1. The number of hydrogen-bond acceptors (Lipinski definition) is 6. The lowest BCUT2D eigenvalue weighted by molar-refractivity contribution is -0.113. The summed E-state index contributed by atoms with van der Waals surface area (Å²) in [4.78, 5) is 18.1. The maximum atomic E-state index is 12.6. The van der Waals surface area contributed by atoms with Crippen LogP contribution < -0.4 is 5.32 Å². The van der Waals surface area contributed by atoms with Crippen LogP contribution in [-0.4, -0.2) is 22.4 Å². The Kier molecular flexibility index (Phi) is 7.28. The minimum Gasteiger partial charge on any atom is -0.431 e. The molecule has 0 aliphatic heterocycles. The van der Waals surface area contributed by atoms with E-state index in [-0.39, 0.29) is 11.7 Å². The number of para-hydroxylation sites is 1. The van der Waals surface area contributed by atoms with Crippen molar-refractivity contribution in [2.45, 2.75) is 10.1 Å². The van der Waals surface area contributed by atoms with Gasteiger partial charge in [-0.1, -0.05) is 84.6 Å². The summed E-state index contributed by atoms with van der Waals surface area (Å²) in [7, 11) is 0. The molecule has 158 valence electrons. The minimum absolute atomic E-state index is 0.153. The monoisotopic (exact) mass is 457 g/mol. The Morgan fingerprint density at radius 2 is 1.56 bits per heavy atom. The standard InChI is InChI=1S/C25H19N3O2S2/c26-15-16-31-21-14-8-7-13-20(21)27-22(29)17-32-25-28-23(18-9-3-1-4-10-18)24(30-25)19-11-5-2-6-12-19/h1-14H,16-17H2,(H,27,29). The zero-order chi connectivity index (χ0) is 22.2. The van der Waals surface area contributed by atoms with E-state index in [2.05, 4.69) is 16.4 Å².